The molecular formula is C15H24N2OS. The highest BCUT2D eigenvalue weighted by atomic mass is 32.2. The topological polar surface area (TPSA) is 32.3 Å². The third kappa shape index (κ3) is 4.96. The zero-order chi connectivity index (χ0) is 13.5. The summed E-state index contributed by atoms with van der Waals surface area (Å²) in [4.78, 5) is 2.46. The maximum Gasteiger partial charge on any atom is 0.0366 e. The van der Waals surface area contributed by atoms with E-state index in [0.717, 1.165) is 31.8 Å². The number of nitrogens with one attached hydrogen (secondary N) is 1. The highest BCUT2D eigenvalue weighted by molar-refractivity contribution is 7.84. The van der Waals surface area contributed by atoms with Gasteiger partial charge in [0.05, 0.1) is 0 Å². The molecule has 106 valence electrons. The highest BCUT2D eigenvalue weighted by Crippen LogP contribution is 2.19. The fraction of sp³-hybridized carbons (Fsp3) is 0.600. The van der Waals surface area contributed by atoms with E-state index in [9.17, 15) is 4.21 Å². The van der Waals surface area contributed by atoms with Gasteiger partial charge in [-0.05, 0) is 37.9 Å². The summed E-state index contributed by atoms with van der Waals surface area (Å²) >= 11 is 0. The van der Waals surface area contributed by atoms with E-state index in [2.05, 4.69) is 40.5 Å². The molecule has 0 spiro atoms. The number of rotatable bonds is 6. The van der Waals surface area contributed by atoms with Crippen molar-refractivity contribution in [2.45, 2.75) is 25.3 Å². The molecule has 19 heavy (non-hydrogen) atoms. The van der Waals surface area contributed by atoms with E-state index < -0.39 is 10.8 Å². The van der Waals surface area contributed by atoms with E-state index in [0.29, 0.717) is 6.04 Å². The lowest BCUT2D eigenvalue weighted by molar-refractivity contribution is 0.416. The van der Waals surface area contributed by atoms with Crippen molar-refractivity contribution >= 4 is 16.5 Å². The summed E-state index contributed by atoms with van der Waals surface area (Å²) < 4.78 is 11.0. The molecule has 0 radical (unpaired) electrons. The molecule has 1 aliphatic rings. The first-order valence-corrected chi connectivity index (χ1v) is 8.82. The Bertz CT molecular complexity index is 388. The van der Waals surface area contributed by atoms with Gasteiger partial charge in [-0.25, -0.2) is 0 Å². The maximum atomic E-state index is 11.0. The summed E-state index contributed by atoms with van der Waals surface area (Å²) in [5.41, 5.74) is 1.34. The van der Waals surface area contributed by atoms with Crippen LogP contribution in [-0.4, -0.2) is 41.9 Å². The Morgan fingerprint density at radius 3 is 2.58 bits per heavy atom. The molecule has 1 N–H and O–H groups in total. The maximum absolute atomic E-state index is 11.0. The van der Waals surface area contributed by atoms with Crippen LogP contribution in [0.3, 0.4) is 0 Å². The molecule has 1 aliphatic heterocycles. The lowest BCUT2D eigenvalue weighted by atomic mass is 10.0. The Hall–Kier alpha value is -0.870. The van der Waals surface area contributed by atoms with Crippen molar-refractivity contribution in [1.29, 1.82) is 0 Å². The third-order valence-electron chi connectivity index (χ3n) is 3.66. The zero-order valence-electron chi connectivity index (χ0n) is 11.7. The lowest BCUT2D eigenvalue weighted by Crippen LogP contribution is -2.43. The van der Waals surface area contributed by atoms with E-state index in [-0.39, 0.29) is 0 Å². The molecule has 1 fully saturated rings. The van der Waals surface area contributed by atoms with Gasteiger partial charge in [0.15, 0.2) is 0 Å². The molecule has 1 aromatic carbocycles. The summed E-state index contributed by atoms with van der Waals surface area (Å²) in [5.74, 6) is 0.815. The van der Waals surface area contributed by atoms with Crippen LogP contribution >= 0.6 is 0 Å². The Labute approximate surface area is 118 Å². The SMILES string of the molecule is CS(=O)CCCNC1CCN(c2ccccc2)CC1. The molecule has 0 aliphatic carbocycles. The summed E-state index contributed by atoms with van der Waals surface area (Å²) in [6.07, 6.45) is 5.19. The van der Waals surface area contributed by atoms with Crippen molar-refractivity contribution in [3.8, 4) is 0 Å². The van der Waals surface area contributed by atoms with Crippen LogP contribution < -0.4 is 10.2 Å². The van der Waals surface area contributed by atoms with Crippen molar-refractivity contribution in [3.05, 3.63) is 30.3 Å². The van der Waals surface area contributed by atoms with Gasteiger partial charge in [-0.2, -0.15) is 0 Å². The van der Waals surface area contributed by atoms with E-state index in [4.69, 9.17) is 0 Å². The molecule has 4 heteroatoms. The average molecular weight is 280 g/mol. The Kier molecular flexibility index (Phi) is 5.86. The van der Waals surface area contributed by atoms with Crippen LogP contribution in [0.1, 0.15) is 19.3 Å². The molecule has 0 bridgehead atoms. The molecule has 1 atom stereocenters. The van der Waals surface area contributed by atoms with Gasteiger partial charge in [0.2, 0.25) is 0 Å². The molecule has 0 aromatic heterocycles. The van der Waals surface area contributed by atoms with Gasteiger partial charge >= 0.3 is 0 Å². The fourth-order valence-electron chi connectivity index (χ4n) is 2.56. The van der Waals surface area contributed by atoms with E-state index in [1.807, 2.05) is 0 Å². The zero-order valence-corrected chi connectivity index (χ0v) is 12.5. The van der Waals surface area contributed by atoms with Crippen molar-refractivity contribution in [2.24, 2.45) is 0 Å². The molecule has 3 nitrogen and oxygen atoms in total. The van der Waals surface area contributed by atoms with Crippen molar-refractivity contribution in [1.82, 2.24) is 5.32 Å². The van der Waals surface area contributed by atoms with Gasteiger partial charge in [-0.15, -0.1) is 0 Å². The van der Waals surface area contributed by atoms with Crippen LogP contribution in [0, 0.1) is 0 Å². The minimum absolute atomic E-state index is 0.630. The minimum Gasteiger partial charge on any atom is -0.371 e. The van der Waals surface area contributed by atoms with Crippen molar-refractivity contribution in [3.63, 3.8) is 0 Å². The first-order valence-electron chi connectivity index (χ1n) is 7.09. The molecule has 0 amide bonds. The fourth-order valence-corrected chi connectivity index (χ4v) is 3.11. The van der Waals surface area contributed by atoms with E-state index in [1.165, 1.54) is 18.5 Å². The second-order valence-electron chi connectivity index (χ2n) is 5.18. The van der Waals surface area contributed by atoms with E-state index >= 15 is 0 Å². The summed E-state index contributed by atoms with van der Waals surface area (Å²) in [6.45, 7) is 3.25. The number of hydrogen-bond acceptors (Lipinski definition) is 3. The molecule has 1 unspecified atom stereocenters. The molecule has 0 saturated carbocycles. The number of anilines is 1. The van der Waals surface area contributed by atoms with Crippen LogP contribution in [0.5, 0.6) is 0 Å². The smallest absolute Gasteiger partial charge is 0.0366 e. The molecule has 2 rings (SSSR count). The predicted molar refractivity (Wildman–Crippen MR) is 83.2 cm³/mol. The lowest BCUT2D eigenvalue weighted by Gasteiger charge is -2.34. The number of nitrogens with zero attached hydrogens (tertiary/aromatic N) is 1. The Morgan fingerprint density at radius 1 is 1.26 bits per heavy atom. The average Bonchev–Trinajstić information content (AvgIpc) is 2.45. The highest BCUT2D eigenvalue weighted by Gasteiger charge is 2.18. The van der Waals surface area contributed by atoms with Gasteiger partial charge in [0.1, 0.15) is 0 Å². The van der Waals surface area contributed by atoms with Crippen molar-refractivity contribution in [2.75, 3.05) is 36.5 Å². The molecular weight excluding hydrogens is 256 g/mol. The van der Waals surface area contributed by atoms with Crippen LogP contribution in [0.4, 0.5) is 5.69 Å². The quantitative estimate of drug-likeness (QED) is 0.809. The van der Waals surface area contributed by atoms with Crippen molar-refractivity contribution < 1.29 is 4.21 Å². The molecule has 1 aromatic rings. The number of benzene rings is 1. The summed E-state index contributed by atoms with van der Waals surface area (Å²) in [6, 6.07) is 11.3. The largest absolute Gasteiger partial charge is 0.371 e. The summed E-state index contributed by atoms with van der Waals surface area (Å²) in [5, 5.41) is 3.59. The Balaban J connectivity index is 1.67. The van der Waals surface area contributed by atoms with Crippen LogP contribution in [0.25, 0.3) is 0 Å². The first-order chi connectivity index (χ1) is 9.25. The molecule has 1 saturated heterocycles. The monoisotopic (exact) mass is 280 g/mol. The minimum atomic E-state index is -0.651. The van der Waals surface area contributed by atoms with E-state index in [1.54, 1.807) is 6.26 Å². The van der Waals surface area contributed by atoms with Crippen LogP contribution in [0.2, 0.25) is 0 Å². The van der Waals surface area contributed by atoms with Gasteiger partial charge in [0.25, 0.3) is 0 Å². The van der Waals surface area contributed by atoms with Gasteiger partial charge in [0, 0.05) is 47.6 Å². The predicted octanol–water partition coefficient (Wildman–Crippen LogP) is 2.01. The van der Waals surface area contributed by atoms with Gasteiger partial charge in [-0.1, -0.05) is 18.2 Å². The van der Waals surface area contributed by atoms with Gasteiger partial charge < -0.3 is 10.2 Å². The second kappa shape index (κ2) is 7.65. The first kappa shape index (κ1) is 14.5. The van der Waals surface area contributed by atoms with Gasteiger partial charge in [-0.3, -0.25) is 4.21 Å². The standard InChI is InChI=1S/C15H24N2OS/c1-19(18)13-5-10-16-14-8-11-17(12-9-14)15-6-3-2-4-7-15/h2-4,6-7,14,16H,5,8-13H2,1H3. The third-order valence-corrected chi connectivity index (χ3v) is 4.52. The normalized spacial score (nSPS) is 18.5. The molecule has 1 heterocycles. The summed E-state index contributed by atoms with van der Waals surface area (Å²) in [7, 11) is -0.651. The number of piperidine rings is 1. The number of para-hydroxylation sites is 1. The van der Waals surface area contributed by atoms with Crippen LogP contribution in [-0.2, 0) is 10.8 Å². The second-order valence-corrected chi connectivity index (χ2v) is 6.74. The number of hydrogen-bond donors (Lipinski definition) is 1. The van der Waals surface area contributed by atoms with Crippen LogP contribution in [0.15, 0.2) is 30.3 Å². The Morgan fingerprint density at radius 2 is 1.95 bits per heavy atom.